The minimum atomic E-state index is -0.555. The van der Waals surface area contributed by atoms with E-state index in [2.05, 4.69) is 38.5 Å². The highest BCUT2D eigenvalue weighted by Crippen LogP contribution is 2.40. The highest BCUT2D eigenvalue weighted by atomic mass is 32.1. The average molecular weight is 496 g/mol. The molecule has 4 aromatic rings. The molecule has 2 amide bonds. The molecular weight excluding hydrogens is 470 g/mol. The maximum absolute atomic E-state index is 13.8. The van der Waals surface area contributed by atoms with Crippen LogP contribution >= 0.6 is 11.3 Å². The van der Waals surface area contributed by atoms with E-state index >= 15 is 0 Å². The number of carbonyl (C=O) groups is 2. The highest BCUT2D eigenvalue weighted by Gasteiger charge is 2.39. The minimum absolute atomic E-state index is 0.145. The molecule has 0 unspecified atom stereocenters. The molecule has 2 aliphatic rings. The maximum Gasteiger partial charge on any atom is 0.274 e. The van der Waals surface area contributed by atoms with Crippen LogP contribution in [0.15, 0.2) is 65.9 Å². The zero-order chi connectivity index (χ0) is 24.6. The summed E-state index contributed by atoms with van der Waals surface area (Å²) in [5, 5.41) is 2.76. The summed E-state index contributed by atoms with van der Waals surface area (Å²) in [6.07, 6.45) is 6.18. The van der Waals surface area contributed by atoms with Gasteiger partial charge in [-0.3, -0.25) is 19.6 Å². The first-order chi connectivity index (χ1) is 17.6. The summed E-state index contributed by atoms with van der Waals surface area (Å²) in [7, 11) is 1.62. The molecule has 0 saturated carbocycles. The summed E-state index contributed by atoms with van der Waals surface area (Å²) in [6.45, 7) is 0.446. The third kappa shape index (κ3) is 3.97. The van der Waals surface area contributed by atoms with Gasteiger partial charge in [-0.2, -0.15) is 0 Å². The van der Waals surface area contributed by atoms with E-state index < -0.39 is 6.04 Å². The summed E-state index contributed by atoms with van der Waals surface area (Å²) >= 11 is 1.49. The van der Waals surface area contributed by atoms with Crippen LogP contribution < -0.4 is 5.32 Å². The van der Waals surface area contributed by atoms with Gasteiger partial charge in [0.05, 0.1) is 16.5 Å². The number of amides is 2. The molecule has 1 aliphatic carbocycles. The number of benzene rings is 2. The molecule has 2 aromatic heterocycles. The first-order valence-corrected chi connectivity index (χ1v) is 12.9. The van der Waals surface area contributed by atoms with Gasteiger partial charge in [0.1, 0.15) is 11.7 Å². The first-order valence-electron chi connectivity index (χ1n) is 12.1. The lowest BCUT2D eigenvalue weighted by Gasteiger charge is -2.35. The van der Waals surface area contributed by atoms with Crippen LogP contribution in [-0.2, 0) is 24.1 Å². The molecule has 7 nitrogen and oxygen atoms in total. The van der Waals surface area contributed by atoms with Gasteiger partial charge in [-0.15, -0.1) is 11.3 Å². The molecule has 8 heteroatoms. The van der Waals surface area contributed by atoms with E-state index in [1.165, 1.54) is 33.6 Å². The predicted octanol–water partition coefficient (Wildman–Crippen LogP) is 3.84. The molecular formula is C28H25N5O2S. The Labute approximate surface area is 212 Å². The molecule has 180 valence electrons. The molecule has 3 heterocycles. The molecule has 36 heavy (non-hydrogen) atoms. The van der Waals surface area contributed by atoms with Gasteiger partial charge in [-0.25, -0.2) is 4.98 Å². The van der Waals surface area contributed by atoms with Crippen molar-refractivity contribution in [1.29, 1.82) is 0 Å². The molecule has 0 saturated heterocycles. The number of nitrogens with zero attached hydrogens (tertiary/aromatic N) is 4. The fourth-order valence-corrected chi connectivity index (χ4v) is 6.07. The summed E-state index contributed by atoms with van der Waals surface area (Å²) in [5.41, 5.74) is 9.94. The van der Waals surface area contributed by atoms with Gasteiger partial charge >= 0.3 is 0 Å². The number of likely N-dealkylation sites (N-methyl/N-ethyl adjacent to an activating group) is 1. The van der Waals surface area contributed by atoms with Crippen molar-refractivity contribution in [3.63, 3.8) is 0 Å². The van der Waals surface area contributed by atoms with Gasteiger partial charge in [-0.05, 0) is 59.2 Å². The lowest BCUT2D eigenvalue weighted by atomic mass is 9.92. The normalized spacial score (nSPS) is 16.7. The predicted molar refractivity (Wildman–Crippen MR) is 140 cm³/mol. The van der Waals surface area contributed by atoms with Crippen LogP contribution in [0, 0.1) is 0 Å². The van der Waals surface area contributed by atoms with Crippen molar-refractivity contribution in [3.05, 3.63) is 93.2 Å². The third-order valence-corrected chi connectivity index (χ3v) is 8.03. The molecule has 6 rings (SSSR count). The molecule has 1 aliphatic heterocycles. The Bertz CT molecular complexity index is 1530. The zero-order valence-electron chi connectivity index (χ0n) is 19.9. The molecule has 0 radical (unpaired) electrons. The lowest BCUT2D eigenvalue weighted by Crippen LogP contribution is -2.51. The standard InChI is InChI=1S/C28H25N5O2S/c1-29-27(34)24-14-21-19(13-18-4-2-3-5-20(18)21)15-33(24)28(35)26-25(36-16-32-26)9-7-17-6-8-22-23(12-17)31-11-10-30-22/h2-6,8,10-12,16,24H,7,9,13-15H2,1H3,(H,29,34)/t24-/m1/s1. The second-order valence-electron chi connectivity index (χ2n) is 9.19. The van der Waals surface area contributed by atoms with E-state index in [1.54, 1.807) is 29.9 Å². The van der Waals surface area contributed by atoms with Crippen molar-refractivity contribution in [3.8, 4) is 0 Å². The van der Waals surface area contributed by atoms with E-state index in [9.17, 15) is 9.59 Å². The lowest BCUT2D eigenvalue weighted by molar-refractivity contribution is -0.125. The molecule has 1 N–H and O–H groups in total. The quantitative estimate of drug-likeness (QED) is 0.455. The Morgan fingerprint density at radius 1 is 1.06 bits per heavy atom. The smallest absolute Gasteiger partial charge is 0.274 e. The van der Waals surface area contributed by atoms with Crippen molar-refractivity contribution in [1.82, 2.24) is 25.2 Å². The largest absolute Gasteiger partial charge is 0.357 e. The summed E-state index contributed by atoms with van der Waals surface area (Å²) < 4.78 is 0. The number of carbonyl (C=O) groups excluding carboxylic acids is 2. The number of rotatable bonds is 5. The van der Waals surface area contributed by atoms with E-state index in [0.29, 0.717) is 25.1 Å². The van der Waals surface area contributed by atoms with Crippen molar-refractivity contribution in [2.45, 2.75) is 31.7 Å². The van der Waals surface area contributed by atoms with E-state index in [1.807, 2.05) is 24.3 Å². The Morgan fingerprint density at radius 2 is 1.89 bits per heavy atom. The Morgan fingerprint density at radius 3 is 2.75 bits per heavy atom. The van der Waals surface area contributed by atoms with Crippen molar-refractivity contribution in [2.24, 2.45) is 0 Å². The summed E-state index contributed by atoms with van der Waals surface area (Å²) in [5.74, 6) is -0.319. The van der Waals surface area contributed by atoms with Gasteiger partial charge < -0.3 is 10.2 Å². The van der Waals surface area contributed by atoms with Crippen LogP contribution in [-0.4, -0.2) is 51.3 Å². The van der Waals surface area contributed by atoms with Crippen LogP contribution in [0.5, 0.6) is 0 Å². The van der Waals surface area contributed by atoms with E-state index in [4.69, 9.17) is 0 Å². The Balaban J connectivity index is 1.24. The number of aryl methyl sites for hydroxylation is 2. The zero-order valence-corrected chi connectivity index (χ0v) is 20.7. The van der Waals surface area contributed by atoms with Gasteiger partial charge in [0.25, 0.3) is 5.91 Å². The van der Waals surface area contributed by atoms with Crippen LogP contribution in [0.1, 0.15) is 38.5 Å². The number of hydrogen-bond donors (Lipinski definition) is 1. The number of hydrogen-bond acceptors (Lipinski definition) is 6. The monoisotopic (exact) mass is 495 g/mol. The van der Waals surface area contributed by atoms with Crippen molar-refractivity contribution in [2.75, 3.05) is 13.6 Å². The fraction of sp³-hybridized carbons (Fsp3) is 0.250. The van der Waals surface area contributed by atoms with Gasteiger partial charge in [0.2, 0.25) is 5.91 Å². The number of fused-ring (bicyclic) bond motifs is 3. The first kappa shape index (κ1) is 22.5. The molecule has 2 aromatic carbocycles. The van der Waals surface area contributed by atoms with Crippen molar-refractivity contribution >= 4 is 39.8 Å². The van der Waals surface area contributed by atoms with Crippen LogP contribution in [0.4, 0.5) is 0 Å². The van der Waals surface area contributed by atoms with E-state index in [0.717, 1.165) is 34.3 Å². The Hall–Kier alpha value is -3.91. The van der Waals surface area contributed by atoms with Crippen LogP contribution in [0.3, 0.4) is 0 Å². The summed E-state index contributed by atoms with van der Waals surface area (Å²) in [6, 6.07) is 13.8. The van der Waals surface area contributed by atoms with Gasteiger partial charge in [0, 0.05) is 37.3 Å². The average Bonchev–Trinajstić information content (AvgIpc) is 3.54. The van der Waals surface area contributed by atoms with Gasteiger partial charge in [-0.1, -0.05) is 30.3 Å². The highest BCUT2D eigenvalue weighted by molar-refractivity contribution is 7.09. The van der Waals surface area contributed by atoms with Crippen LogP contribution in [0.2, 0.25) is 0 Å². The maximum atomic E-state index is 13.8. The van der Waals surface area contributed by atoms with E-state index in [-0.39, 0.29) is 11.8 Å². The number of nitrogens with one attached hydrogen (secondary N) is 1. The Kier molecular flexibility index (Phi) is 5.81. The molecule has 0 spiro atoms. The molecule has 0 bridgehead atoms. The molecule has 0 fully saturated rings. The number of thiazole rings is 1. The second kappa shape index (κ2) is 9.28. The molecule has 1 atom stereocenters. The van der Waals surface area contributed by atoms with Crippen molar-refractivity contribution < 1.29 is 9.59 Å². The third-order valence-electron chi connectivity index (χ3n) is 7.14. The summed E-state index contributed by atoms with van der Waals surface area (Å²) in [4.78, 5) is 42.5. The second-order valence-corrected chi connectivity index (χ2v) is 10.1. The number of aromatic nitrogens is 3. The van der Waals surface area contributed by atoms with Crippen LogP contribution in [0.25, 0.3) is 16.6 Å². The SMILES string of the molecule is CNC(=O)[C@H]1CC2=C(Cc3ccccc32)CN1C(=O)c1ncsc1CCc1ccc2nccnc2c1. The topological polar surface area (TPSA) is 88.1 Å². The minimum Gasteiger partial charge on any atom is -0.357 e. The fourth-order valence-electron chi connectivity index (χ4n) is 5.32. The van der Waals surface area contributed by atoms with Gasteiger partial charge in [0.15, 0.2) is 0 Å².